The molecule has 0 unspecified atom stereocenters. The number of imide groups is 1. The average Bonchev–Trinajstić information content (AvgIpc) is 3.09. The van der Waals surface area contributed by atoms with E-state index in [1.54, 1.807) is 24.3 Å². The third-order valence-electron chi connectivity index (χ3n) is 3.83. The van der Waals surface area contributed by atoms with E-state index in [0.717, 1.165) is 0 Å². The van der Waals surface area contributed by atoms with E-state index in [2.05, 4.69) is 9.72 Å². The molecule has 23 heavy (non-hydrogen) atoms. The number of hydrogen-bond acceptors (Lipinski definition) is 3. The minimum Gasteiger partial charge on any atom is -0.447 e. The number of nitrogens with zero attached hydrogens (tertiary/aromatic N) is 1. The predicted octanol–water partition coefficient (Wildman–Crippen LogP) is 3.18. The van der Waals surface area contributed by atoms with Crippen LogP contribution in [0.1, 0.15) is 17.9 Å². The number of carbonyl (C=O) groups is 2. The highest BCUT2D eigenvalue weighted by Crippen LogP contribution is 2.40. The van der Waals surface area contributed by atoms with Gasteiger partial charge in [-0.3, -0.25) is 4.79 Å². The fourth-order valence-electron chi connectivity index (χ4n) is 2.69. The summed E-state index contributed by atoms with van der Waals surface area (Å²) in [5.41, 5.74) is 0.554. The second kappa shape index (κ2) is 5.60. The summed E-state index contributed by atoms with van der Waals surface area (Å²) >= 11 is 0. The van der Waals surface area contributed by atoms with E-state index in [1.807, 2.05) is 0 Å². The number of amides is 2. The first kappa shape index (κ1) is 15.4. The number of benzene rings is 1. The Morgan fingerprint density at radius 2 is 2.09 bits per heavy atom. The Bertz CT molecular complexity index is 754. The second-order valence-corrected chi connectivity index (χ2v) is 5.25. The Labute approximate surface area is 129 Å². The molecule has 0 saturated carbocycles. The fraction of sp³-hybridized carbons (Fsp3) is 0.333. The van der Waals surface area contributed by atoms with Crippen molar-refractivity contribution in [2.45, 2.75) is 18.5 Å². The van der Waals surface area contributed by atoms with Crippen molar-refractivity contribution < 1.29 is 27.5 Å². The molecule has 1 aliphatic heterocycles. The number of alkyl halides is 3. The molecule has 0 spiro atoms. The maximum atomic E-state index is 13.5. The van der Waals surface area contributed by atoms with Gasteiger partial charge in [-0.1, -0.05) is 18.2 Å². The van der Waals surface area contributed by atoms with Crippen molar-refractivity contribution in [3.8, 4) is 0 Å². The van der Waals surface area contributed by atoms with Crippen LogP contribution in [0.3, 0.4) is 0 Å². The summed E-state index contributed by atoms with van der Waals surface area (Å²) in [6, 6.07) is 6.56. The third kappa shape index (κ3) is 2.88. The van der Waals surface area contributed by atoms with Crippen LogP contribution in [0.15, 0.2) is 30.5 Å². The van der Waals surface area contributed by atoms with Gasteiger partial charge in [0, 0.05) is 23.5 Å². The number of para-hydroxylation sites is 1. The van der Waals surface area contributed by atoms with Gasteiger partial charge in [0.2, 0.25) is 5.91 Å². The highest BCUT2D eigenvalue weighted by Gasteiger charge is 2.44. The van der Waals surface area contributed by atoms with Gasteiger partial charge in [0.15, 0.2) is 0 Å². The van der Waals surface area contributed by atoms with E-state index in [-0.39, 0.29) is 18.7 Å². The fourth-order valence-corrected chi connectivity index (χ4v) is 2.69. The van der Waals surface area contributed by atoms with Crippen molar-refractivity contribution in [3.05, 3.63) is 36.0 Å². The number of aromatic nitrogens is 1. The van der Waals surface area contributed by atoms with Crippen LogP contribution in [-0.4, -0.2) is 41.2 Å². The van der Waals surface area contributed by atoms with Gasteiger partial charge in [-0.05, 0) is 11.6 Å². The maximum absolute atomic E-state index is 13.5. The molecule has 3 rings (SSSR count). The van der Waals surface area contributed by atoms with Crippen molar-refractivity contribution >= 4 is 22.9 Å². The van der Waals surface area contributed by atoms with Crippen LogP contribution < -0.4 is 0 Å². The first-order valence-electron chi connectivity index (χ1n) is 6.98. The number of aromatic amines is 1. The normalized spacial score (nSPS) is 16.7. The topological polar surface area (TPSA) is 62.4 Å². The molecule has 1 aromatic carbocycles. The monoisotopic (exact) mass is 326 g/mol. The van der Waals surface area contributed by atoms with Crippen LogP contribution in [0.5, 0.6) is 0 Å². The predicted molar refractivity (Wildman–Crippen MR) is 74.8 cm³/mol. The largest absolute Gasteiger partial charge is 0.447 e. The van der Waals surface area contributed by atoms with Crippen LogP contribution in [-0.2, 0) is 9.53 Å². The van der Waals surface area contributed by atoms with Crippen LogP contribution >= 0.6 is 0 Å². The summed E-state index contributed by atoms with van der Waals surface area (Å²) in [5.74, 6) is -2.88. The molecule has 122 valence electrons. The van der Waals surface area contributed by atoms with Gasteiger partial charge in [0.1, 0.15) is 6.61 Å². The summed E-state index contributed by atoms with van der Waals surface area (Å²) in [6.07, 6.45) is -5.07. The van der Waals surface area contributed by atoms with Crippen molar-refractivity contribution in [1.29, 1.82) is 0 Å². The minimum absolute atomic E-state index is 0.00554. The zero-order chi connectivity index (χ0) is 16.6. The smallest absolute Gasteiger partial charge is 0.416 e. The number of nitrogens with one attached hydrogen (secondary N) is 1. The number of ether oxygens (including phenoxy) is 1. The van der Waals surface area contributed by atoms with Crippen LogP contribution in [0.25, 0.3) is 10.9 Å². The quantitative estimate of drug-likeness (QED) is 0.942. The van der Waals surface area contributed by atoms with E-state index in [4.69, 9.17) is 0 Å². The van der Waals surface area contributed by atoms with Gasteiger partial charge in [-0.15, -0.1) is 0 Å². The van der Waals surface area contributed by atoms with E-state index in [1.165, 1.54) is 6.20 Å². The van der Waals surface area contributed by atoms with Crippen LogP contribution in [0, 0.1) is 0 Å². The molecule has 1 saturated heterocycles. The van der Waals surface area contributed by atoms with E-state index >= 15 is 0 Å². The van der Waals surface area contributed by atoms with Gasteiger partial charge >= 0.3 is 12.3 Å². The number of hydrogen-bond donors (Lipinski definition) is 1. The van der Waals surface area contributed by atoms with Crippen LogP contribution in [0.2, 0.25) is 0 Å². The molecule has 0 radical (unpaired) electrons. The molecule has 1 N–H and O–H groups in total. The maximum Gasteiger partial charge on any atom is 0.416 e. The van der Waals surface area contributed by atoms with E-state index < -0.39 is 30.5 Å². The molecule has 1 aromatic heterocycles. The Hall–Kier alpha value is -2.51. The molecule has 1 atom stereocenters. The zero-order valence-electron chi connectivity index (χ0n) is 11.9. The van der Waals surface area contributed by atoms with Crippen molar-refractivity contribution in [1.82, 2.24) is 9.88 Å². The Morgan fingerprint density at radius 3 is 2.74 bits per heavy atom. The van der Waals surface area contributed by atoms with Gasteiger partial charge in [-0.25, -0.2) is 9.69 Å². The van der Waals surface area contributed by atoms with Crippen molar-refractivity contribution in [2.24, 2.45) is 0 Å². The standard InChI is InChI=1S/C15H13F3N2O3/c16-15(17,18)11(7-13(21)20-5-6-23-14(20)22)10-8-19-12-4-2-1-3-9(10)12/h1-4,8,11,19H,5-7H2/t11-/m1/s1. The van der Waals surface area contributed by atoms with Gasteiger partial charge < -0.3 is 9.72 Å². The van der Waals surface area contributed by atoms with E-state index in [0.29, 0.717) is 15.8 Å². The van der Waals surface area contributed by atoms with E-state index in [9.17, 15) is 22.8 Å². The summed E-state index contributed by atoms with van der Waals surface area (Å²) in [7, 11) is 0. The molecule has 0 aliphatic carbocycles. The summed E-state index contributed by atoms with van der Waals surface area (Å²) in [4.78, 5) is 26.9. The molecule has 1 fully saturated rings. The molecule has 2 amide bonds. The Kier molecular flexibility index (Phi) is 3.75. The Morgan fingerprint density at radius 1 is 1.35 bits per heavy atom. The number of halogens is 3. The lowest BCUT2D eigenvalue weighted by Gasteiger charge is -2.21. The zero-order valence-corrected chi connectivity index (χ0v) is 11.9. The lowest BCUT2D eigenvalue weighted by molar-refractivity contribution is -0.159. The number of rotatable bonds is 3. The SMILES string of the molecule is O=C(C[C@H](c1c[nH]c2ccccc12)C(F)(F)F)N1CCOC1=O. The summed E-state index contributed by atoms with van der Waals surface area (Å²) in [5, 5.41) is 0.409. The first-order chi connectivity index (χ1) is 10.9. The number of carbonyl (C=O) groups excluding carboxylic acids is 2. The number of cyclic esters (lactones) is 1. The number of H-pyrrole nitrogens is 1. The molecule has 5 nitrogen and oxygen atoms in total. The second-order valence-electron chi connectivity index (χ2n) is 5.25. The first-order valence-corrected chi connectivity index (χ1v) is 6.98. The van der Waals surface area contributed by atoms with Crippen LogP contribution in [0.4, 0.5) is 18.0 Å². The summed E-state index contributed by atoms with van der Waals surface area (Å²) < 4.78 is 45.0. The Balaban J connectivity index is 1.93. The number of fused-ring (bicyclic) bond motifs is 1. The molecule has 2 aromatic rings. The van der Waals surface area contributed by atoms with Gasteiger partial charge in [0.05, 0.1) is 12.5 Å². The lowest BCUT2D eigenvalue weighted by Crippen LogP contribution is -2.35. The molecule has 2 heterocycles. The molecule has 0 bridgehead atoms. The molecule has 1 aliphatic rings. The molecular formula is C15H13F3N2O3. The lowest BCUT2D eigenvalue weighted by atomic mass is 9.94. The average molecular weight is 326 g/mol. The van der Waals surface area contributed by atoms with Gasteiger partial charge in [-0.2, -0.15) is 13.2 Å². The van der Waals surface area contributed by atoms with Crippen molar-refractivity contribution in [2.75, 3.05) is 13.2 Å². The third-order valence-corrected chi connectivity index (χ3v) is 3.83. The summed E-state index contributed by atoms with van der Waals surface area (Å²) in [6.45, 7) is -0.00945. The molecule has 8 heteroatoms. The van der Waals surface area contributed by atoms with Gasteiger partial charge in [0.25, 0.3) is 0 Å². The highest BCUT2D eigenvalue weighted by molar-refractivity contribution is 5.94. The molecular weight excluding hydrogens is 313 g/mol. The minimum atomic E-state index is -4.61. The van der Waals surface area contributed by atoms with Crippen molar-refractivity contribution in [3.63, 3.8) is 0 Å². The highest BCUT2D eigenvalue weighted by atomic mass is 19.4.